The van der Waals surface area contributed by atoms with Crippen LogP contribution < -0.4 is 10.6 Å². The molecule has 0 aliphatic carbocycles. The fraction of sp³-hybridized carbons (Fsp3) is 0.533. The minimum atomic E-state index is -0.491. The smallest absolute Gasteiger partial charge is 0.229 e. The molecule has 1 aliphatic rings. The third-order valence-corrected chi connectivity index (χ3v) is 4.19. The van der Waals surface area contributed by atoms with Crippen LogP contribution in [0, 0.1) is 0 Å². The summed E-state index contributed by atoms with van der Waals surface area (Å²) in [6.45, 7) is 4.58. The van der Waals surface area contributed by atoms with Crippen molar-refractivity contribution in [1.82, 2.24) is 5.32 Å². The maximum atomic E-state index is 12.4. The summed E-state index contributed by atoms with van der Waals surface area (Å²) in [6, 6.07) is 7.88. The Labute approximate surface area is 114 Å². The SMILES string of the molecule is CCC(CC)(CO)NC(=O)C1CNc2ccccc21. The maximum absolute atomic E-state index is 12.4. The Morgan fingerprint density at radius 2 is 2.11 bits per heavy atom. The molecule has 0 fully saturated rings. The van der Waals surface area contributed by atoms with E-state index >= 15 is 0 Å². The number of aliphatic hydroxyl groups excluding tert-OH is 1. The molecule has 1 aliphatic heterocycles. The number of rotatable bonds is 5. The summed E-state index contributed by atoms with van der Waals surface area (Å²) in [4.78, 5) is 12.4. The Balaban J connectivity index is 2.14. The largest absolute Gasteiger partial charge is 0.394 e. The minimum absolute atomic E-state index is 0.00444. The van der Waals surface area contributed by atoms with Crippen LogP contribution >= 0.6 is 0 Å². The van der Waals surface area contributed by atoms with Gasteiger partial charge in [0.2, 0.25) is 5.91 Å². The van der Waals surface area contributed by atoms with Crippen molar-refractivity contribution in [3.8, 4) is 0 Å². The fourth-order valence-corrected chi connectivity index (χ4v) is 2.56. The van der Waals surface area contributed by atoms with Gasteiger partial charge < -0.3 is 15.7 Å². The van der Waals surface area contributed by atoms with Crippen LogP contribution in [0.25, 0.3) is 0 Å². The summed E-state index contributed by atoms with van der Waals surface area (Å²) in [7, 11) is 0. The van der Waals surface area contributed by atoms with Crippen molar-refractivity contribution in [3.63, 3.8) is 0 Å². The lowest BCUT2D eigenvalue weighted by atomic mass is 9.91. The molecular formula is C15H22N2O2. The second-order valence-corrected chi connectivity index (χ2v) is 5.16. The first-order chi connectivity index (χ1) is 9.15. The van der Waals surface area contributed by atoms with E-state index in [0.29, 0.717) is 6.54 Å². The monoisotopic (exact) mass is 262 g/mol. The van der Waals surface area contributed by atoms with E-state index in [4.69, 9.17) is 0 Å². The second-order valence-electron chi connectivity index (χ2n) is 5.16. The predicted octanol–water partition coefficient (Wildman–Crippen LogP) is 1.86. The molecule has 1 aromatic carbocycles. The highest BCUT2D eigenvalue weighted by Crippen LogP contribution is 2.31. The van der Waals surface area contributed by atoms with Crippen LogP contribution in [0.1, 0.15) is 38.2 Å². The Morgan fingerprint density at radius 3 is 2.74 bits per heavy atom. The number of benzene rings is 1. The normalized spacial score (nSPS) is 17.7. The Hall–Kier alpha value is -1.55. The topological polar surface area (TPSA) is 61.4 Å². The molecule has 0 saturated heterocycles. The van der Waals surface area contributed by atoms with Crippen LogP contribution in [0.4, 0.5) is 5.69 Å². The van der Waals surface area contributed by atoms with Crippen molar-refractivity contribution in [2.45, 2.75) is 38.1 Å². The zero-order chi connectivity index (χ0) is 13.9. The number of nitrogens with one attached hydrogen (secondary N) is 2. The molecule has 0 saturated carbocycles. The molecule has 104 valence electrons. The molecule has 1 heterocycles. The van der Waals surface area contributed by atoms with Crippen LogP contribution in [-0.2, 0) is 4.79 Å². The highest BCUT2D eigenvalue weighted by molar-refractivity contribution is 5.88. The molecule has 1 atom stereocenters. The number of fused-ring (bicyclic) bond motifs is 1. The van der Waals surface area contributed by atoms with Crippen molar-refractivity contribution in [3.05, 3.63) is 29.8 Å². The quantitative estimate of drug-likeness (QED) is 0.759. The molecule has 0 spiro atoms. The predicted molar refractivity (Wildman–Crippen MR) is 76.2 cm³/mol. The summed E-state index contributed by atoms with van der Waals surface area (Å²) >= 11 is 0. The van der Waals surface area contributed by atoms with Crippen LogP contribution in [-0.4, -0.2) is 29.7 Å². The van der Waals surface area contributed by atoms with Gasteiger partial charge in [-0.2, -0.15) is 0 Å². The molecule has 1 aromatic rings. The van der Waals surface area contributed by atoms with Gasteiger partial charge in [-0.25, -0.2) is 0 Å². The molecule has 0 bridgehead atoms. The van der Waals surface area contributed by atoms with E-state index in [1.807, 2.05) is 38.1 Å². The summed E-state index contributed by atoms with van der Waals surface area (Å²) in [5.41, 5.74) is 1.58. The number of carbonyl (C=O) groups is 1. The second kappa shape index (κ2) is 5.61. The molecule has 2 rings (SSSR count). The van der Waals surface area contributed by atoms with Gasteiger partial charge in [0.15, 0.2) is 0 Å². The van der Waals surface area contributed by atoms with Crippen LogP contribution in [0.5, 0.6) is 0 Å². The summed E-state index contributed by atoms with van der Waals surface area (Å²) in [6.07, 6.45) is 1.46. The lowest BCUT2D eigenvalue weighted by Crippen LogP contribution is -2.52. The third kappa shape index (κ3) is 2.59. The number of anilines is 1. The average molecular weight is 262 g/mol. The molecule has 1 unspecified atom stereocenters. The highest BCUT2D eigenvalue weighted by Gasteiger charge is 2.34. The number of hydrogen-bond acceptors (Lipinski definition) is 3. The maximum Gasteiger partial charge on any atom is 0.229 e. The van der Waals surface area contributed by atoms with Gasteiger partial charge in [0.1, 0.15) is 0 Å². The van der Waals surface area contributed by atoms with E-state index in [9.17, 15) is 9.90 Å². The minimum Gasteiger partial charge on any atom is -0.394 e. The summed E-state index contributed by atoms with van der Waals surface area (Å²) in [5, 5.41) is 15.8. The zero-order valence-corrected chi connectivity index (χ0v) is 11.6. The summed E-state index contributed by atoms with van der Waals surface area (Å²) in [5.74, 6) is -0.171. The Bertz CT molecular complexity index is 447. The van der Waals surface area contributed by atoms with Crippen molar-refractivity contribution < 1.29 is 9.90 Å². The van der Waals surface area contributed by atoms with Crippen LogP contribution in [0.3, 0.4) is 0 Å². The van der Waals surface area contributed by atoms with Gasteiger partial charge in [-0.1, -0.05) is 32.0 Å². The molecular weight excluding hydrogens is 240 g/mol. The fourth-order valence-electron chi connectivity index (χ4n) is 2.56. The number of amides is 1. The molecule has 19 heavy (non-hydrogen) atoms. The van der Waals surface area contributed by atoms with Crippen LogP contribution in [0.2, 0.25) is 0 Å². The first kappa shape index (κ1) is 13.9. The summed E-state index contributed by atoms with van der Waals surface area (Å²) < 4.78 is 0. The molecule has 0 radical (unpaired) electrons. The van der Waals surface area contributed by atoms with Gasteiger partial charge in [-0.3, -0.25) is 4.79 Å². The van der Waals surface area contributed by atoms with Gasteiger partial charge >= 0.3 is 0 Å². The molecule has 3 N–H and O–H groups in total. The van der Waals surface area contributed by atoms with E-state index in [1.165, 1.54) is 0 Å². The third-order valence-electron chi connectivity index (χ3n) is 4.19. The first-order valence-electron chi connectivity index (χ1n) is 6.91. The van der Waals surface area contributed by atoms with E-state index in [0.717, 1.165) is 24.1 Å². The lowest BCUT2D eigenvalue weighted by molar-refractivity contribution is -0.124. The van der Waals surface area contributed by atoms with Crippen molar-refractivity contribution in [2.75, 3.05) is 18.5 Å². The standard InChI is InChI=1S/C15H22N2O2/c1-3-15(4-2,10-18)17-14(19)12-9-16-13-8-6-5-7-11(12)13/h5-8,12,16,18H,3-4,9-10H2,1-2H3,(H,17,19). The van der Waals surface area contributed by atoms with Crippen molar-refractivity contribution in [2.24, 2.45) is 0 Å². The molecule has 4 heteroatoms. The molecule has 0 aromatic heterocycles. The Morgan fingerprint density at radius 1 is 1.42 bits per heavy atom. The molecule has 1 amide bonds. The highest BCUT2D eigenvalue weighted by atomic mass is 16.3. The van der Waals surface area contributed by atoms with E-state index in [-0.39, 0.29) is 18.4 Å². The van der Waals surface area contributed by atoms with E-state index < -0.39 is 5.54 Å². The van der Waals surface area contributed by atoms with Gasteiger partial charge in [-0.15, -0.1) is 0 Å². The lowest BCUT2D eigenvalue weighted by Gasteiger charge is -2.32. The first-order valence-corrected chi connectivity index (χ1v) is 6.91. The average Bonchev–Trinajstić information content (AvgIpc) is 2.89. The van der Waals surface area contributed by atoms with Gasteiger partial charge in [-0.05, 0) is 24.5 Å². The number of para-hydroxylation sites is 1. The van der Waals surface area contributed by atoms with Gasteiger partial charge in [0.25, 0.3) is 0 Å². The number of hydrogen-bond donors (Lipinski definition) is 3. The van der Waals surface area contributed by atoms with Gasteiger partial charge in [0, 0.05) is 12.2 Å². The zero-order valence-electron chi connectivity index (χ0n) is 11.6. The van der Waals surface area contributed by atoms with Crippen molar-refractivity contribution >= 4 is 11.6 Å². The number of aliphatic hydroxyl groups is 1. The van der Waals surface area contributed by atoms with E-state index in [1.54, 1.807) is 0 Å². The van der Waals surface area contributed by atoms with Crippen molar-refractivity contribution in [1.29, 1.82) is 0 Å². The number of carbonyl (C=O) groups excluding carboxylic acids is 1. The molecule has 4 nitrogen and oxygen atoms in total. The van der Waals surface area contributed by atoms with Crippen LogP contribution in [0.15, 0.2) is 24.3 Å². The van der Waals surface area contributed by atoms with E-state index in [2.05, 4.69) is 10.6 Å². The van der Waals surface area contributed by atoms with Gasteiger partial charge in [0.05, 0.1) is 18.1 Å². The Kier molecular flexibility index (Phi) is 4.10.